The van der Waals surface area contributed by atoms with E-state index < -0.39 is 0 Å². The molecule has 2 aromatic rings. The molecule has 0 amide bonds. The van der Waals surface area contributed by atoms with Crippen molar-refractivity contribution in [2.75, 3.05) is 11.1 Å². The molecule has 1 aromatic heterocycles. The van der Waals surface area contributed by atoms with E-state index in [0.29, 0.717) is 5.69 Å². The van der Waals surface area contributed by atoms with Gasteiger partial charge in [0.05, 0.1) is 22.0 Å². The van der Waals surface area contributed by atoms with Crippen LogP contribution in [0.3, 0.4) is 0 Å². The largest absolute Gasteiger partial charge is 0.396 e. The van der Waals surface area contributed by atoms with Gasteiger partial charge in [-0.3, -0.25) is 4.98 Å². The lowest BCUT2D eigenvalue weighted by atomic mass is 9.95. The molecule has 20 heavy (non-hydrogen) atoms. The smallest absolute Gasteiger partial charge is 0.0754 e. The van der Waals surface area contributed by atoms with Crippen LogP contribution in [-0.2, 0) is 6.42 Å². The quantitative estimate of drug-likeness (QED) is 0.859. The van der Waals surface area contributed by atoms with E-state index in [-0.39, 0.29) is 5.54 Å². The van der Waals surface area contributed by atoms with Crippen LogP contribution < -0.4 is 11.1 Å². The molecule has 1 heterocycles. The molecule has 4 heteroatoms. The summed E-state index contributed by atoms with van der Waals surface area (Å²) in [5, 5.41) is 3.51. The zero-order valence-electron chi connectivity index (χ0n) is 11.9. The molecule has 0 aliphatic carbocycles. The first-order valence-corrected chi connectivity index (χ1v) is 7.48. The Morgan fingerprint density at radius 3 is 2.55 bits per heavy atom. The molecule has 0 radical (unpaired) electrons. The van der Waals surface area contributed by atoms with Crippen molar-refractivity contribution in [3.8, 4) is 0 Å². The number of anilines is 2. The van der Waals surface area contributed by atoms with Gasteiger partial charge in [0.2, 0.25) is 0 Å². The van der Waals surface area contributed by atoms with E-state index in [1.165, 1.54) is 5.56 Å². The Bertz CT molecular complexity index is 547. The second-order valence-electron chi connectivity index (χ2n) is 5.58. The molecule has 106 valence electrons. The number of hydrogen-bond donors (Lipinski definition) is 2. The number of aromatic nitrogens is 1. The van der Waals surface area contributed by atoms with Crippen LogP contribution in [0.15, 0.2) is 47.2 Å². The molecule has 0 saturated heterocycles. The number of hydrogen-bond acceptors (Lipinski definition) is 3. The van der Waals surface area contributed by atoms with Gasteiger partial charge in [0.15, 0.2) is 0 Å². The van der Waals surface area contributed by atoms with Crippen LogP contribution in [0, 0.1) is 0 Å². The summed E-state index contributed by atoms with van der Waals surface area (Å²) < 4.78 is 0.894. The highest BCUT2D eigenvalue weighted by atomic mass is 79.9. The normalized spacial score (nSPS) is 11.3. The van der Waals surface area contributed by atoms with Crippen LogP contribution in [0.2, 0.25) is 0 Å². The molecule has 3 N–H and O–H groups in total. The van der Waals surface area contributed by atoms with Gasteiger partial charge < -0.3 is 11.1 Å². The number of benzene rings is 1. The summed E-state index contributed by atoms with van der Waals surface area (Å²) >= 11 is 3.49. The fourth-order valence-corrected chi connectivity index (χ4v) is 2.53. The molecule has 0 aliphatic rings. The number of nitrogens with one attached hydrogen (secondary N) is 1. The van der Waals surface area contributed by atoms with E-state index in [1.54, 1.807) is 12.4 Å². The van der Waals surface area contributed by atoms with Gasteiger partial charge in [-0.1, -0.05) is 30.3 Å². The van der Waals surface area contributed by atoms with E-state index >= 15 is 0 Å². The van der Waals surface area contributed by atoms with Crippen LogP contribution in [-0.4, -0.2) is 10.5 Å². The lowest BCUT2D eigenvalue weighted by molar-refractivity contribution is 0.518. The summed E-state index contributed by atoms with van der Waals surface area (Å²) in [7, 11) is 0. The van der Waals surface area contributed by atoms with Gasteiger partial charge in [-0.15, -0.1) is 0 Å². The van der Waals surface area contributed by atoms with Gasteiger partial charge in [-0.2, -0.15) is 0 Å². The van der Waals surface area contributed by atoms with E-state index in [0.717, 1.165) is 23.0 Å². The maximum atomic E-state index is 5.98. The minimum atomic E-state index is -0.0478. The Balaban J connectivity index is 2.04. The molecule has 0 spiro atoms. The Labute approximate surface area is 128 Å². The number of halogens is 1. The van der Waals surface area contributed by atoms with Crippen molar-refractivity contribution in [1.29, 1.82) is 0 Å². The molecule has 3 nitrogen and oxygen atoms in total. The second-order valence-corrected chi connectivity index (χ2v) is 6.43. The highest BCUT2D eigenvalue weighted by molar-refractivity contribution is 9.10. The van der Waals surface area contributed by atoms with Gasteiger partial charge >= 0.3 is 0 Å². The lowest BCUT2D eigenvalue weighted by Crippen LogP contribution is -2.32. The first-order chi connectivity index (χ1) is 9.48. The van der Waals surface area contributed by atoms with Gasteiger partial charge in [0, 0.05) is 11.7 Å². The summed E-state index contributed by atoms with van der Waals surface area (Å²) in [5.41, 5.74) is 8.86. The van der Waals surface area contributed by atoms with Crippen LogP contribution in [0.5, 0.6) is 0 Å². The Morgan fingerprint density at radius 1 is 1.20 bits per heavy atom. The molecule has 0 unspecified atom stereocenters. The molecule has 0 bridgehead atoms. The van der Waals surface area contributed by atoms with E-state index in [1.807, 2.05) is 6.07 Å². The molecule has 0 fully saturated rings. The number of nitrogens with two attached hydrogens (primary N) is 1. The van der Waals surface area contributed by atoms with Crippen molar-refractivity contribution in [3.63, 3.8) is 0 Å². The summed E-state index contributed by atoms with van der Waals surface area (Å²) in [6.07, 6.45) is 5.47. The lowest BCUT2D eigenvalue weighted by Gasteiger charge is -2.29. The SMILES string of the molecule is CC(C)(CCc1ccccc1)Nc1c(N)cncc1Br. The van der Waals surface area contributed by atoms with Gasteiger partial charge in [0.25, 0.3) is 0 Å². The fraction of sp³-hybridized carbons (Fsp3) is 0.312. The van der Waals surface area contributed by atoms with Crippen LogP contribution >= 0.6 is 15.9 Å². The molecule has 0 saturated carbocycles. The predicted octanol–water partition coefficient (Wildman–Crippen LogP) is 4.25. The fourth-order valence-electron chi connectivity index (χ4n) is 2.08. The maximum absolute atomic E-state index is 5.98. The average molecular weight is 334 g/mol. The average Bonchev–Trinajstić information content (AvgIpc) is 2.42. The van der Waals surface area contributed by atoms with Crippen molar-refractivity contribution in [2.45, 2.75) is 32.2 Å². The van der Waals surface area contributed by atoms with Crippen molar-refractivity contribution < 1.29 is 0 Å². The number of aryl methyl sites for hydroxylation is 1. The minimum Gasteiger partial charge on any atom is -0.396 e. The zero-order chi connectivity index (χ0) is 14.6. The predicted molar refractivity (Wildman–Crippen MR) is 88.8 cm³/mol. The van der Waals surface area contributed by atoms with E-state index in [9.17, 15) is 0 Å². The van der Waals surface area contributed by atoms with Crippen molar-refractivity contribution >= 4 is 27.3 Å². The summed E-state index contributed by atoms with van der Waals surface area (Å²) in [6, 6.07) is 10.5. The molecule has 0 atom stereocenters. The summed E-state index contributed by atoms with van der Waals surface area (Å²) in [6.45, 7) is 4.37. The molecule has 1 aromatic carbocycles. The number of rotatable bonds is 5. The standard InChI is InChI=1S/C16H20BrN3/c1-16(2,9-8-12-6-4-3-5-7-12)20-15-13(17)10-19-11-14(15)18/h3-7,10-11H,8-9,18H2,1-2H3,(H,19,20). The third-order valence-electron chi connectivity index (χ3n) is 3.27. The molecule has 2 rings (SSSR count). The minimum absolute atomic E-state index is 0.0478. The van der Waals surface area contributed by atoms with Gasteiger partial charge in [-0.05, 0) is 48.2 Å². The Kier molecular flexibility index (Phi) is 4.65. The molecule has 0 aliphatic heterocycles. The van der Waals surface area contributed by atoms with Crippen LogP contribution in [0.1, 0.15) is 25.8 Å². The zero-order valence-corrected chi connectivity index (χ0v) is 13.4. The summed E-state index contributed by atoms with van der Waals surface area (Å²) in [5.74, 6) is 0. The van der Waals surface area contributed by atoms with Crippen LogP contribution in [0.4, 0.5) is 11.4 Å². The number of nitrogen functional groups attached to an aromatic ring is 1. The Hall–Kier alpha value is -1.55. The van der Waals surface area contributed by atoms with Crippen molar-refractivity contribution in [2.24, 2.45) is 0 Å². The first-order valence-electron chi connectivity index (χ1n) is 6.69. The number of pyridine rings is 1. The number of nitrogens with zero attached hydrogens (tertiary/aromatic N) is 1. The highest BCUT2D eigenvalue weighted by Crippen LogP contribution is 2.31. The molecular weight excluding hydrogens is 314 g/mol. The topological polar surface area (TPSA) is 50.9 Å². The van der Waals surface area contributed by atoms with E-state index in [2.05, 4.69) is 64.3 Å². The van der Waals surface area contributed by atoms with Gasteiger partial charge in [0.1, 0.15) is 0 Å². The Morgan fingerprint density at radius 2 is 1.90 bits per heavy atom. The first kappa shape index (κ1) is 14.9. The van der Waals surface area contributed by atoms with Crippen LogP contribution in [0.25, 0.3) is 0 Å². The van der Waals surface area contributed by atoms with Crippen molar-refractivity contribution in [1.82, 2.24) is 4.98 Å². The monoisotopic (exact) mass is 333 g/mol. The third kappa shape index (κ3) is 3.97. The highest BCUT2D eigenvalue weighted by Gasteiger charge is 2.19. The van der Waals surface area contributed by atoms with Crippen molar-refractivity contribution in [3.05, 3.63) is 52.8 Å². The molecular formula is C16H20BrN3. The third-order valence-corrected chi connectivity index (χ3v) is 3.88. The van der Waals surface area contributed by atoms with E-state index in [4.69, 9.17) is 5.73 Å². The second kappa shape index (κ2) is 6.27. The summed E-state index contributed by atoms with van der Waals surface area (Å²) in [4.78, 5) is 4.06. The maximum Gasteiger partial charge on any atom is 0.0754 e. The van der Waals surface area contributed by atoms with Gasteiger partial charge in [-0.25, -0.2) is 0 Å².